The van der Waals surface area contributed by atoms with E-state index in [-0.39, 0.29) is 0 Å². The zero-order valence-electron chi connectivity index (χ0n) is 11.2. The maximum atomic E-state index is 4.48. The second-order valence-electron chi connectivity index (χ2n) is 4.82. The van der Waals surface area contributed by atoms with Crippen LogP contribution in [0.2, 0.25) is 0 Å². The van der Waals surface area contributed by atoms with Gasteiger partial charge in [0.15, 0.2) is 0 Å². The van der Waals surface area contributed by atoms with Gasteiger partial charge in [-0.25, -0.2) is 4.98 Å². The maximum absolute atomic E-state index is 4.48. The third-order valence-electron chi connectivity index (χ3n) is 3.68. The van der Waals surface area contributed by atoms with Crippen molar-refractivity contribution in [1.82, 2.24) is 10.3 Å². The molecule has 3 heterocycles. The van der Waals surface area contributed by atoms with Crippen LogP contribution in [-0.2, 0) is 0 Å². The van der Waals surface area contributed by atoms with Gasteiger partial charge in [-0.3, -0.25) is 0 Å². The first-order valence-corrected chi connectivity index (χ1v) is 6.70. The third kappa shape index (κ3) is 2.44. The molecular weight excluding hydrogens is 210 g/mol. The highest BCUT2D eigenvalue weighted by atomic mass is 15.3. The first kappa shape index (κ1) is 12.4. The van der Waals surface area contributed by atoms with Gasteiger partial charge < -0.3 is 10.2 Å². The summed E-state index contributed by atoms with van der Waals surface area (Å²) in [5.41, 5.74) is 1.65. The predicted octanol–water partition coefficient (Wildman–Crippen LogP) is 2.36. The van der Waals surface area contributed by atoms with E-state index in [4.69, 9.17) is 0 Å². The molecule has 1 N–H and O–H groups in total. The normalized spacial score (nSPS) is 26.4. The van der Waals surface area contributed by atoms with Crippen LogP contribution in [0.5, 0.6) is 0 Å². The van der Waals surface area contributed by atoms with Crippen molar-refractivity contribution in [2.45, 2.75) is 39.2 Å². The Hall–Kier alpha value is -1.09. The summed E-state index contributed by atoms with van der Waals surface area (Å²) in [4.78, 5) is 6.88. The van der Waals surface area contributed by atoms with Gasteiger partial charge in [0, 0.05) is 24.8 Å². The minimum Gasteiger partial charge on any atom is -0.355 e. The molecule has 1 aromatic rings. The number of rotatable bonds is 1. The molecule has 17 heavy (non-hydrogen) atoms. The van der Waals surface area contributed by atoms with Crippen molar-refractivity contribution in [1.29, 1.82) is 0 Å². The van der Waals surface area contributed by atoms with Gasteiger partial charge in [-0.2, -0.15) is 0 Å². The van der Waals surface area contributed by atoms with Crippen LogP contribution in [0.3, 0.4) is 0 Å². The zero-order chi connectivity index (χ0) is 12.3. The number of hydrogen-bond acceptors (Lipinski definition) is 3. The lowest BCUT2D eigenvalue weighted by Gasteiger charge is -2.39. The Labute approximate surface area is 104 Å². The largest absolute Gasteiger partial charge is 0.355 e. The molecule has 0 amide bonds. The highest BCUT2D eigenvalue weighted by Crippen LogP contribution is 2.32. The summed E-state index contributed by atoms with van der Waals surface area (Å²) < 4.78 is 0. The number of pyridine rings is 1. The monoisotopic (exact) mass is 233 g/mol. The molecule has 3 heteroatoms. The standard InChI is InChI=1S/C12H17N3.C2H6/c1-10-2-3-11(13-8-10)15-7-5-12(9-15)4-6-14-12;1-2/h2-3,8,14H,4-7,9H2,1H3;1-2H3. The Kier molecular flexibility index (Phi) is 3.67. The minimum atomic E-state index is 0.423. The summed E-state index contributed by atoms with van der Waals surface area (Å²) in [6.07, 6.45) is 4.55. The molecule has 3 rings (SSSR count). The summed E-state index contributed by atoms with van der Waals surface area (Å²) >= 11 is 0. The van der Waals surface area contributed by atoms with Crippen molar-refractivity contribution in [3.8, 4) is 0 Å². The zero-order valence-corrected chi connectivity index (χ0v) is 11.2. The van der Waals surface area contributed by atoms with Crippen molar-refractivity contribution in [3.63, 3.8) is 0 Å². The van der Waals surface area contributed by atoms with Gasteiger partial charge in [-0.15, -0.1) is 0 Å². The highest BCUT2D eigenvalue weighted by Gasteiger charge is 2.42. The maximum Gasteiger partial charge on any atom is 0.128 e. The summed E-state index contributed by atoms with van der Waals surface area (Å²) in [5.74, 6) is 1.13. The van der Waals surface area contributed by atoms with Crippen molar-refractivity contribution < 1.29 is 0 Å². The number of anilines is 1. The van der Waals surface area contributed by atoms with Crippen molar-refractivity contribution in [2.24, 2.45) is 0 Å². The van der Waals surface area contributed by atoms with E-state index in [1.54, 1.807) is 0 Å². The van der Waals surface area contributed by atoms with E-state index in [9.17, 15) is 0 Å². The fourth-order valence-electron chi connectivity index (χ4n) is 2.54. The average molecular weight is 233 g/mol. The Bertz CT molecular complexity index is 354. The predicted molar refractivity (Wildman–Crippen MR) is 72.5 cm³/mol. The van der Waals surface area contributed by atoms with Crippen LogP contribution >= 0.6 is 0 Å². The number of aromatic nitrogens is 1. The van der Waals surface area contributed by atoms with Crippen LogP contribution in [0.25, 0.3) is 0 Å². The molecule has 1 unspecified atom stereocenters. The smallest absolute Gasteiger partial charge is 0.128 e. The molecule has 1 spiro atoms. The Morgan fingerprint density at radius 1 is 1.29 bits per heavy atom. The fraction of sp³-hybridized carbons (Fsp3) is 0.643. The molecule has 0 radical (unpaired) electrons. The van der Waals surface area contributed by atoms with E-state index in [2.05, 4.69) is 34.3 Å². The lowest BCUT2D eigenvalue weighted by Crippen LogP contribution is -2.58. The fourth-order valence-corrected chi connectivity index (χ4v) is 2.54. The Morgan fingerprint density at radius 3 is 2.53 bits per heavy atom. The summed E-state index contributed by atoms with van der Waals surface area (Å²) in [7, 11) is 0. The van der Waals surface area contributed by atoms with Gasteiger partial charge in [0.05, 0.1) is 0 Å². The van der Waals surface area contributed by atoms with Crippen LogP contribution in [0, 0.1) is 6.92 Å². The molecule has 1 aromatic heterocycles. The van der Waals surface area contributed by atoms with E-state index in [1.165, 1.54) is 24.9 Å². The highest BCUT2D eigenvalue weighted by molar-refractivity contribution is 5.42. The van der Waals surface area contributed by atoms with Crippen LogP contribution < -0.4 is 10.2 Å². The molecule has 2 saturated heterocycles. The third-order valence-corrected chi connectivity index (χ3v) is 3.68. The number of nitrogens with one attached hydrogen (secondary N) is 1. The molecule has 1 atom stereocenters. The van der Waals surface area contributed by atoms with Crippen molar-refractivity contribution >= 4 is 5.82 Å². The molecule has 2 aliphatic rings. The Balaban J connectivity index is 0.000000514. The first-order chi connectivity index (χ1) is 8.27. The molecule has 2 fully saturated rings. The first-order valence-electron chi connectivity index (χ1n) is 6.70. The van der Waals surface area contributed by atoms with Crippen LogP contribution in [0.4, 0.5) is 5.82 Å². The number of aryl methyl sites for hydroxylation is 1. The van der Waals surface area contributed by atoms with E-state index < -0.39 is 0 Å². The van der Waals surface area contributed by atoms with Gasteiger partial charge >= 0.3 is 0 Å². The summed E-state index contributed by atoms with van der Waals surface area (Å²) in [6.45, 7) is 9.54. The second kappa shape index (κ2) is 5.05. The molecule has 2 aliphatic heterocycles. The quantitative estimate of drug-likeness (QED) is 0.807. The summed E-state index contributed by atoms with van der Waals surface area (Å²) in [5, 5.41) is 3.56. The number of hydrogen-bond donors (Lipinski definition) is 1. The molecule has 0 bridgehead atoms. The molecule has 0 aliphatic carbocycles. The Morgan fingerprint density at radius 2 is 2.06 bits per heavy atom. The van der Waals surface area contributed by atoms with Crippen LogP contribution in [0.15, 0.2) is 18.3 Å². The SMILES string of the molecule is CC.Cc1ccc(N2CCC3(CCN3)C2)nc1. The van der Waals surface area contributed by atoms with E-state index in [0.717, 1.165) is 18.9 Å². The van der Waals surface area contributed by atoms with Gasteiger partial charge in [0.25, 0.3) is 0 Å². The molecular formula is C14H23N3. The van der Waals surface area contributed by atoms with Crippen LogP contribution in [-0.4, -0.2) is 30.2 Å². The van der Waals surface area contributed by atoms with E-state index in [0.29, 0.717) is 5.54 Å². The van der Waals surface area contributed by atoms with Crippen molar-refractivity contribution in [2.75, 3.05) is 24.5 Å². The van der Waals surface area contributed by atoms with E-state index in [1.807, 2.05) is 20.0 Å². The van der Waals surface area contributed by atoms with Gasteiger partial charge in [-0.1, -0.05) is 19.9 Å². The van der Waals surface area contributed by atoms with Gasteiger partial charge in [-0.05, 0) is 37.9 Å². The van der Waals surface area contributed by atoms with E-state index >= 15 is 0 Å². The number of nitrogens with zero attached hydrogens (tertiary/aromatic N) is 2. The lowest BCUT2D eigenvalue weighted by atomic mass is 9.87. The van der Waals surface area contributed by atoms with Gasteiger partial charge in [0.2, 0.25) is 0 Å². The topological polar surface area (TPSA) is 28.2 Å². The van der Waals surface area contributed by atoms with Gasteiger partial charge in [0.1, 0.15) is 5.82 Å². The van der Waals surface area contributed by atoms with Crippen LogP contribution in [0.1, 0.15) is 32.3 Å². The minimum absolute atomic E-state index is 0.423. The summed E-state index contributed by atoms with van der Waals surface area (Å²) in [6, 6.07) is 4.27. The molecule has 0 saturated carbocycles. The van der Waals surface area contributed by atoms with Crippen molar-refractivity contribution in [3.05, 3.63) is 23.9 Å². The molecule has 0 aromatic carbocycles. The average Bonchev–Trinajstić information content (AvgIpc) is 2.78. The molecule has 3 nitrogen and oxygen atoms in total. The molecule has 94 valence electrons. The second-order valence-corrected chi connectivity index (χ2v) is 4.82. The lowest BCUT2D eigenvalue weighted by molar-refractivity contribution is 0.235.